The fraction of sp³-hybridized carbons (Fsp3) is 0.269. The van der Waals surface area contributed by atoms with Gasteiger partial charge in [0.15, 0.2) is 0 Å². The quantitative estimate of drug-likeness (QED) is 0.398. The van der Waals surface area contributed by atoms with E-state index in [2.05, 4.69) is 61.0 Å². The molecule has 0 aromatic heterocycles. The topological polar surface area (TPSA) is 38.8 Å². The van der Waals surface area contributed by atoms with Crippen molar-refractivity contribution in [1.82, 2.24) is 0 Å². The van der Waals surface area contributed by atoms with E-state index in [1.165, 1.54) is 21.3 Å². The molecule has 1 amide bonds. The van der Waals surface area contributed by atoms with Crippen LogP contribution in [0.15, 0.2) is 83.3 Å². The molecule has 4 nitrogen and oxygen atoms in total. The maximum absolute atomic E-state index is 14.0. The fourth-order valence-corrected chi connectivity index (χ4v) is 9.29. The van der Waals surface area contributed by atoms with Crippen LogP contribution < -0.4 is 15.3 Å². The zero-order chi connectivity index (χ0) is 23.6. The third-order valence-electron chi connectivity index (χ3n) is 5.99. The molecule has 1 fully saturated rings. The summed E-state index contributed by atoms with van der Waals surface area (Å²) in [5.41, 5.74) is 0.466. The van der Waals surface area contributed by atoms with Gasteiger partial charge in [-0.3, -0.25) is 4.90 Å². The predicted octanol–water partition coefficient (Wildman–Crippen LogP) is 5.49. The lowest BCUT2D eigenvalue weighted by atomic mass is 10.2. The van der Waals surface area contributed by atoms with Crippen LogP contribution >= 0.6 is 15.9 Å². The number of hydrogen-bond donors (Lipinski definition) is 0. The summed E-state index contributed by atoms with van der Waals surface area (Å²) in [5.74, 6) is -0.424. The van der Waals surface area contributed by atoms with Crippen molar-refractivity contribution in [2.45, 2.75) is 31.9 Å². The molecule has 1 aliphatic rings. The number of benzene rings is 3. The first kappa shape index (κ1) is 23.7. The van der Waals surface area contributed by atoms with E-state index < -0.39 is 26.3 Å². The lowest BCUT2D eigenvalue weighted by molar-refractivity contribution is 0.101. The number of rotatable bonds is 6. The molecule has 0 aliphatic carbocycles. The van der Waals surface area contributed by atoms with Gasteiger partial charge in [0.05, 0.1) is 23.3 Å². The Morgan fingerprint density at radius 3 is 2.12 bits per heavy atom. The number of carbonyl (C=O) groups is 1. The summed E-state index contributed by atoms with van der Waals surface area (Å²) < 4.78 is 26.9. The highest BCUT2D eigenvalue weighted by Gasteiger charge is 2.51. The molecule has 33 heavy (non-hydrogen) atoms. The number of halogens is 2. The number of amides is 1. The van der Waals surface area contributed by atoms with E-state index in [1.807, 2.05) is 36.4 Å². The fourth-order valence-electron chi connectivity index (χ4n) is 4.45. The maximum Gasteiger partial charge on any atom is 0.414 e. The van der Waals surface area contributed by atoms with Crippen LogP contribution in [-0.2, 0) is 9.16 Å². The molecule has 1 unspecified atom stereocenters. The molecule has 4 rings (SSSR count). The molecule has 0 spiro atoms. The van der Waals surface area contributed by atoms with Crippen LogP contribution in [0, 0.1) is 5.82 Å². The van der Waals surface area contributed by atoms with E-state index in [9.17, 15) is 9.18 Å². The Kier molecular flexibility index (Phi) is 6.75. The van der Waals surface area contributed by atoms with E-state index >= 15 is 0 Å². The zero-order valence-electron chi connectivity index (χ0n) is 18.9. The monoisotopic (exact) mass is 527 g/mol. The molecule has 1 heterocycles. The van der Waals surface area contributed by atoms with E-state index in [0.717, 1.165) is 0 Å². The number of ether oxygens (including phenoxy) is 1. The van der Waals surface area contributed by atoms with Gasteiger partial charge in [-0.1, -0.05) is 81.4 Å². The third kappa shape index (κ3) is 4.62. The van der Waals surface area contributed by atoms with Gasteiger partial charge in [0.1, 0.15) is 11.9 Å². The summed E-state index contributed by atoms with van der Waals surface area (Å²) in [7, 11) is -2.73. The van der Waals surface area contributed by atoms with Crippen molar-refractivity contribution >= 4 is 46.4 Å². The van der Waals surface area contributed by atoms with Crippen molar-refractivity contribution in [3.05, 3.63) is 89.2 Å². The molecule has 0 N–H and O–H groups in total. The molecule has 1 saturated heterocycles. The minimum absolute atomic E-state index is 0.174. The molecule has 0 radical (unpaired) electrons. The predicted molar refractivity (Wildman–Crippen MR) is 135 cm³/mol. The van der Waals surface area contributed by atoms with E-state index in [1.54, 1.807) is 12.1 Å². The molecule has 7 heteroatoms. The SMILES string of the molecule is CC(C)(C)[Si](OCC1CN(c2ccc(Br)c(F)c2)C(=O)O1)(c1ccccc1)c1ccccc1. The highest BCUT2D eigenvalue weighted by atomic mass is 79.9. The van der Waals surface area contributed by atoms with Gasteiger partial charge in [-0.2, -0.15) is 0 Å². The van der Waals surface area contributed by atoms with Gasteiger partial charge in [0.25, 0.3) is 8.32 Å². The number of cyclic esters (lactones) is 1. The Morgan fingerprint density at radius 2 is 1.61 bits per heavy atom. The smallest absolute Gasteiger partial charge is 0.414 e. The standard InChI is InChI=1S/C26H27BrFNO3Si/c1-26(2,3)33(21-10-6-4-7-11-21,22-12-8-5-9-13-22)31-18-20-17-29(25(30)32-20)19-14-15-23(27)24(28)16-19/h4-16,20H,17-18H2,1-3H3. The van der Waals surface area contributed by atoms with Crippen molar-refractivity contribution in [1.29, 1.82) is 0 Å². The van der Waals surface area contributed by atoms with Gasteiger partial charge in [0.2, 0.25) is 0 Å². The van der Waals surface area contributed by atoms with Crippen molar-refractivity contribution < 1.29 is 18.3 Å². The molecule has 3 aromatic rings. The summed E-state index contributed by atoms with van der Waals surface area (Å²) in [6.07, 6.45) is -0.946. The van der Waals surface area contributed by atoms with E-state index in [0.29, 0.717) is 16.7 Å². The Hall–Kier alpha value is -2.48. The Bertz CT molecular complexity index is 1080. The van der Waals surface area contributed by atoms with Crippen LogP contribution in [0.25, 0.3) is 0 Å². The summed E-state index contributed by atoms with van der Waals surface area (Å²) in [6.45, 7) is 7.18. The lowest BCUT2D eigenvalue weighted by Gasteiger charge is -2.43. The normalized spacial score (nSPS) is 16.7. The average molecular weight is 528 g/mol. The Balaban J connectivity index is 1.63. The summed E-state index contributed by atoms with van der Waals surface area (Å²) in [5, 5.41) is 2.16. The van der Waals surface area contributed by atoms with Crippen LogP contribution in [0.5, 0.6) is 0 Å². The first-order valence-electron chi connectivity index (χ1n) is 10.9. The summed E-state index contributed by atoms with van der Waals surface area (Å²) >= 11 is 3.15. The molecule has 1 atom stereocenters. The zero-order valence-corrected chi connectivity index (χ0v) is 21.5. The second kappa shape index (κ2) is 9.41. The molecule has 0 saturated carbocycles. The van der Waals surface area contributed by atoms with Crippen LogP contribution in [0.2, 0.25) is 5.04 Å². The Labute approximate surface area is 203 Å². The van der Waals surface area contributed by atoms with Crippen molar-refractivity contribution in [3.8, 4) is 0 Å². The van der Waals surface area contributed by atoms with Gasteiger partial charge >= 0.3 is 6.09 Å². The van der Waals surface area contributed by atoms with Gasteiger partial charge in [0, 0.05) is 0 Å². The summed E-state index contributed by atoms with van der Waals surface area (Å²) in [4.78, 5) is 14.0. The first-order valence-corrected chi connectivity index (χ1v) is 13.6. The van der Waals surface area contributed by atoms with Crippen LogP contribution in [-0.4, -0.2) is 33.7 Å². The van der Waals surface area contributed by atoms with Gasteiger partial charge < -0.3 is 9.16 Å². The number of hydrogen-bond acceptors (Lipinski definition) is 3. The lowest BCUT2D eigenvalue weighted by Crippen LogP contribution is -2.67. The number of nitrogens with zero attached hydrogens (tertiary/aromatic N) is 1. The third-order valence-corrected chi connectivity index (χ3v) is 11.6. The molecule has 172 valence electrons. The minimum atomic E-state index is -2.73. The minimum Gasteiger partial charge on any atom is -0.442 e. The maximum atomic E-state index is 14.0. The number of anilines is 1. The Morgan fingerprint density at radius 1 is 1.03 bits per heavy atom. The van der Waals surface area contributed by atoms with Crippen molar-refractivity contribution in [3.63, 3.8) is 0 Å². The summed E-state index contributed by atoms with van der Waals surface area (Å²) in [6, 6.07) is 25.3. The van der Waals surface area contributed by atoms with Gasteiger partial charge in [-0.05, 0) is 49.5 Å². The second-order valence-corrected chi connectivity index (χ2v) is 14.3. The van der Waals surface area contributed by atoms with Crippen LogP contribution in [0.1, 0.15) is 20.8 Å². The molecule has 3 aromatic carbocycles. The second-order valence-electron chi connectivity index (χ2n) is 9.19. The van der Waals surface area contributed by atoms with Crippen molar-refractivity contribution in [2.24, 2.45) is 0 Å². The number of carbonyl (C=O) groups excluding carboxylic acids is 1. The van der Waals surface area contributed by atoms with Gasteiger partial charge in [-0.15, -0.1) is 0 Å². The molecule has 1 aliphatic heterocycles. The van der Waals surface area contributed by atoms with Crippen molar-refractivity contribution in [2.75, 3.05) is 18.1 Å². The van der Waals surface area contributed by atoms with E-state index in [-0.39, 0.29) is 11.6 Å². The largest absolute Gasteiger partial charge is 0.442 e. The molecular weight excluding hydrogens is 501 g/mol. The highest BCUT2D eigenvalue weighted by Crippen LogP contribution is 2.37. The molecular formula is C26H27BrFNO3Si. The highest BCUT2D eigenvalue weighted by molar-refractivity contribution is 9.10. The van der Waals surface area contributed by atoms with Crippen LogP contribution in [0.3, 0.4) is 0 Å². The van der Waals surface area contributed by atoms with E-state index in [4.69, 9.17) is 9.16 Å². The average Bonchev–Trinajstić information content (AvgIpc) is 3.17. The van der Waals surface area contributed by atoms with Gasteiger partial charge in [-0.25, -0.2) is 9.18 Å². The van der Waals surface area contributed by atoms with Crippen LogP contribution in [0.4, 0.5) is 14.9 Å². The first-order chi connectivity index (χ1) is 15.7. The molecule has 0 bridgehead atoms.